The highest BCUT2D eigenvalue weighted by molar-refractivity contribution is 5.63. The highest BCUT2D eigenvalue weighted by Crippen LogP contribution is 2.21. The Morgan fingerprint density at radius 2 is 1.33 bits per heavy atom. The number of nitrogens with zero attached hydrogens (tertiary/aromatic N) is 1. The topological polar surface area (TPSA) is 22.1 Å². The third kappa shape index (κ3) is 5.11. The zero-order chi connectivity index (χ0) is 14.8. The summed E-state index contributed by atoms with van der Waals surface area (Å²) < 4.78 is 5.36. The lowest BCUT2D eigenvalue weighted by atomic mass is 10.1. The zero-order valence-corrected chi connectivity index (χ0v) is 12.1. The predicted octanol–water partition coefficient (Wildman–Crippen LogP) is 4.83. The SMILES string of the molecule is CCOc1cc(-c2ccccc2)ccn1.c1ccccc1. The monoisotopic (exact) mass is 277 g/mol. The van der Waals surface area contributed by atoms with Crippen LogP contribution in [0.25, 0.3) is 11.1 Å². The average molecular weight is 277 g/mol. The van der Waals surface area contributed by atoms with Crippen LogP contribution in [0.2, 0.25) is 0 Å². The van der Waals surface area contributed by atoms with Crippen molar-refractivity contribution in [1.29, 1.82) is 0 Å². The van der Waals surface area contributed by atoms with E-state index in [2.05, 4.69) is 17.1 Å². The molecule has 0 aliphatic rings. The van der Waals surface area contributed by atoms with Gasteiger partial charge in [-0.25, -0.2) is 4.98 Å². The summed E-state index contributed by atoms with van der Waals surface area (Å²) in [5, 5.41) is 0. The van der Waals surface area contributed by atoms with Crippen LogP contribution in [-0.2, 0) is 0 Å². The van der Waals surface area contributed by atoms with Crippen molar-refractivity contribution in [2.75, 3.05) is 6.61 Å². The number of hydrogen-bond donors (Lipinski definition) is 0. The minimum absolute atomic E-state index is 0.644. The molecule has 0 amide bonds. The Balaban J connectivity index is 0.000000225. The number of hydrogen-bond acceptors (Lipinski definition) is 2. The van der Waals surface area contributed by atoms with Gasteiger partial charge in [0.1, 0.15) is 0 Å². The number of ether oxygens (including phenoxy) is 1. The van der Waals surface area contributed by atoms with Crippen LogP contribution in [0.5, 0.6) is 5.88 Å². The van der Waals surface area contributed by atoms with Gasteiger partial charge >= 0.3 is 0 Å². The smallest absolute Gasteiger partial charge is 0.213 e. The van der Waals surface area contributed by atoms with E-state index in [0.717, 1.165) is 5.56 Å². The largest absolute Gasteiger partial charge is 0.478 e. The van der Waals surface area contributed by atoms with Crippen LogP contribution >= 0.6 is 0 Å². The van der Waals surface area contributed by atoms with Crippen LogP contribution in [0.15, 0.2) is 85.1 Å². The van der Waals surface area contributed by atoms with Gasteiger partial charge in [0.15, 0.2) is 0 Å². The Bertz CT molecular complexity index is 597. The molecule has 0 unspecified atom stereocenters. The van der Waals surface area contributed by atoms with E-state index in [1.807, 2.05) is 73.7 Å². The zero-order valence-electron chi connectivity index (χ0n) is 12.1. The number of pyridine rings is 1. The van der Waals surface area contributed by atoms with Gasteiger partial charge in [0.25, 0.3) is 0 Å². The summed E-state index contributed by atoms with van der Waals surface area (Å²) in [6, 6.07) is 26.1. The molecule has 2 heteroatoms. The predicted molar refractivity (Wildman–Crippen MR) is 87.3 cm³/mol. The summed E-state index contributed by atoms with van der Waals surface area (Å²) in [4.78, 5) is 4.13. The highest BCUT2D eigenvalue weighted by Gasteiger charge is 1.99. The van der Waals surface area contributed by atoms with Crippen LogP contribution in [0.4, 0.5) is 0 Å². The molecule has 3 aromatic rings. The van der Waals surface area contributed by atoms with Gasteiger partial charge in [-0.2, -0.15) is 0 Å². The standard InChI is InChI=1S/C13H13NO.C6H6/c1-2-15-13-10-12(8-9-14-13)11-6-4-3-5-7-11;1-2-4-6-5-3-1/h3-10H,2H2,1H3;1-6H. The van der Waals surface area contributed by atoms with E-state index in [1.54, 1.807) is 6.20 Å². The summed E-state index contributed by atoms with van der Waals surface area (Å²) in [6.07, 6.45) is 1.77. The molecule has 0 aliphatic heterocycles. The van der Waals surface area contributed by atoms with Crippen LogP contribution in [-0.4, -0.2) is 11.6 Å². The molecule has 0 fully saturated rings. The molecule has 1 heterocycles. The maximum atomic E-state index is 5.36. The molecule has 3 rings (SSSR count). The number of aromatic nitrogens is 1. The fourth-order valence-electron chi connectivity index (χ4n) is 1.83. The quantitative estimate of drug-likeness (QED) is 0.683. The van der Waals surface area contributed by atoms with Crippen molar-refractivity contribution in [3.63, 3.8) is 0 Å². The van der Waals surface area contributed by atoms with E-state index in [9.17, 15) is 0 Å². The molecule has 0 aliphatic carbocycles. The Kier molecular flexibility index (Phi) is 6.01. The fourth-order valence-corrected chi connectivity index (χ4v) is 1.83. The Hall–Kier alpha value is -2.61. The fraction of sp³-hybridized carbons (Fsp3) is 0.105. The van der Waals surface area contributed by atoms with E-state index in [1.165, 1.54) is 5.56 Å². The molecule has 0 spiro atoms. The second kappa shape index (κ2) is 8.54. The molecule has 0 N–H and O–H groups in total. The first-order valence-electron chi connectivity index (χ1n) is 7.04. The van der Waals surface area contributed by atoms with Gasteiger partial charge in [0.2, 0.25) is 5.88 Å². The molecule has 0 saturated carbocycles. The Morgan fingerprint density at radius 3 is 1.90 bits per heavy atom. The highest BCUT2D eigenvalue weighted by atomic mass is 16.5. The first-order valence-corrected chi connectivity index (χ1v) is 7.04. The van der Waals surface area contributed by atoms with Crippen LogP contribution in [0.1, 0.15) is 6.92 Å². The summed E-state index contributed by atoms with van der Waals surface area (Å²) in [6.45, 7) is 2.60. The van der Waals surface area contributed by atoms with Gasteiger partial charge in [-0.05, 0) is 24.1 Å². The van der Waals surface area contributed by atoms with Gasteiger partial charge in [0.05, 0.1) is 6.61 Å². The van der Waals surface area contributed by atoms with E-state index in [4.69, 9.17) is 4.74 Å². The van der Waals surface area contributed by atoms with Crippen LogP contribution < -0.4 is 4.74 Å². The Morgan fingerprint density at radius 1 is 0.762 bits per heavy atom. The van der Waals surface area contributed by atoms with Crippen LogP contribution in [0.3, 0.4) is 0 Å². The van der Waals surface area contributed by atoms with Crippen molar-refractivity contribution in [3.05, 3.63) is 85.1 Å². The molecule has 1 aromatic heterocycles. The van der Waals surface area contributed by atoms with Gasteiger partial charge in [-0.15, -0.1) is 0 Å². The van der Waals surface area contributed by atoms with Crippen molar-refractivity contribution in [2.45, 2.75) is 6.92 Å². The normalized spacial score (nSPS) is 9.38. The van der Waals surface area contributed by atoms with Crippen molar-refractivity contribution in [2.24, 2.45) is 0 Å². The Labute approximate surface area is 126 Å². The van der Waals surface area contributed by atoms with Gasteiger partial charge in [0, 0.05) is 12.3 Å². The van der Waals surface area contributed by atoms with Crippen molar-refractivity contribution in [3.8, 4) is 17.0 Å². The van der Waals surface area contributed by atoms with Gasteiger partial charge in [-0.3, -0.25) is 0 Å². The third-order valence-corrected chi connectivity index (χ3v) is 2.80. The molecule has 21 heavy (non-hydrogen) atoms. The van der Waals surface area contributed by atoms with Gasteiger partial charge in [-0.1, -0.05) is 66.7 Å². The molecule has 0 radical (unpaired) electrons. The van der Waals surface area contributed by atoms with E-state index in [0.29, 0.717) is 12.5 Å². The minimum Gasteiger partial charge on any atom is -0.478 e. The molecule has 0 atom stereocenters. The van der Waals surface area contributed by atoms with E-state index >= 15 is 0 Å². The number of benzene rings is 2. The molecule has 0 bridgehead atoms. The van der Waals surface area contributed by atoms with E-state index < -0.39 is 0 Å². The molecule has 0 saturated heterocycles. The summed E-state index contributed by atoms with van der Waals surface area (Å²) >= 11 is 0. The molecule has 106 valence electrons. The lowest BCUT2D eigenvalue weighted by Gasteiger charge is -2.04. The second-order valence-corrected chi connectivity index (χ2v) is 4.34. The third-order valence-electron chi connectivity index (χ3n) is 2.80. The molecular weight excluding hydrogens is 258 g/mol. The molecule has 2 nitrogen and oxygen atoms in total. The average Bonchev–Trinajstić information content (AvgIpc) is 2.58. The second-order valence-electron chi connectivity index (χ2n) is 4.34. The lowest BCUT2D eigenvalue weighted by molar-refractivity contribution is 0.327. The lowest BCUT2D eigenvalue weighted by Crippen LogP contribution is -1.93. The summed E-state index contributed by atoms with van der Waals surface area (Å²) in [5.74, 6) is 0.679. The number of rotatable bonds is 3. The minimum atomic E-state index is 0.644. The summed E-state index contributed by atoms with van der Waals surface area (Å²) in [7, 11) is 0. The first kappa shape index (κ1) is 14.8. The molecule has 2 aromatic carbocycles. The maximum Gasteiger partial charge on any atom is 0.213 e. The van der Waals surface area contributed by atoms with Crippen molar-refractivity contribution >= 4 is 0 Å². The van der Waals surface area contributed by atoms with Crippen LogP contribution in [0, 0.1) is 0 Å². The molecular formula is C19H19NO. The summed E-state index contributed by atoms with van der Waals surface area (Å²) in [5.41, 5.74) is 2.31. The van der Waals surface area contributed by atoms with Crippen molar-refractivity contribution in [1.82, 2.24) is 4.98 Å². The maximum absolute atomic E-state index is 5.36. The van der Waals surface area contributed by atoms with Gasteiger partial charge < -0.3 is 4.74 Å². The van der Waals surface area contributed by atoms with Crippen molar-refractivity contribution < 1.29 is 4.74 Å². The van der Waals surface area contributed by atoms with E-state index in [-0.39, 0.29) is 0 Å². The first-order chi connectivity index (χ1) is 10.4.